The van der Waals surface area contributed by atoms with Crippen molar-refractivity contribution >= 4 is 22.1 Å². The maximum atomic E-state index is 13.0. The maximum Gasteiger partial charge on any atom is 0.407 e. The second kappa shape index (κ2) is 8.48. The SMILES string of the molecule is CC[C@@](CNC(=O)OC(C)(C)C)(NS(=O)(=O)c1c(C)cc(C)cc1C)C(=O)O. The van der Waals surface area contributed by atoms with Crippen LogP contribution in [0.4, 0.5) is 4.79 Å². The van der Waals surface area contributed by atoms with Crippen LogP contribution in [-0.2, 0) is 19.6 Å². The lowest BCUT2D eigenvalue weighted by atomic mass is 9.98. The Morgan fingerprint density at radius 3 is 2.00 bits per heavy atom. The number of amides is 1. The largest absolute Gasteiger partial charge is 0.480 e. The highest BCUT2D eigenvalue weighted by Crippen LogP contribution is 2.24. The monoisotopic (exact) mass is 414 g/mol. The fraction of sp³-hybridized carbons (Fsp3) is 0.579. The molecule has 0 saturated heterocycles. The molecule has 0 aliphatic rings. The topological polar surface area (TPSA) is 122 Å². The van der Waals surface area contributed by atoms with E-state index in [4.69, 9.17) is 4.74 Å². The lowest BCUT2D eigenvalue weighted by Gasteiger charge is -2.30. The molecule has 0 bridgehead atoms. The summed E-state index contributed by atoms with van der Waals surface area (Å²) < 4.78 is 33.4. The van der Waals surface area contributed by atoms with Gasteiger partial charge in [-0.1, -0.05) is 24.6 Å². The van der Waals surface area contributed by atoms with Gasteiger partial charge in [-0.3, -0.25) is 4.79 Å². The van der Waals surface area contributed by atoms with Crippen LogP contribution in [0.3, 0.4) is 0 Å². The number of carbonyl (C=O) groups excluding carboxylic acids is 1. The van der Waals surface area contributed by atoms with Crippen LogP contribution in [0.25, 0.3) is 0 Å². The Morgan fingerprint density at radius 2 is 1.61 bits per heavy atom. The minimum absolute atomic E-state index is 0.0365. The van der Waals surface area contributed by atoms with Crippen molar-refractivity contribution in [3.8, 4) is 0 Å². The molecule has 0 saturated carbocycles. The summed E-state index contributed by atoms with van der Waals surface area (Å²) in [5, 5.41) is 12.1. The van der Waals surface area contributed by atoms with E-state index in [2.05, 4.69) is 10.0 Å². The van der Waals surface area contributed by atoms with Gasteiger partial charge in [-0.2, -0.15) is 4.72 Å². The van der Waals surface area contributed by atoms with E-state index >= 15 is 0 Å². The molecule has 3 N–H and O–H groups in total. The molecule has 9 heteroatoms. The van der Waals surface area contributed by atoms with E-state index in [0.717, 1.165) is 5.56 Å². The van der Waals surface area contributed by atoms with Gasteiger partial charge in [0.15, 0.2) is 0 Å². The van der Waals surface area contributed by atoms with Crippen molar-refractivity contribution in [2.45, 2.75) is 70.9 Å². The van der Waals surface area contributed by atoms with Gasteiger partial charge in [0.1, 0.15) is 11.1 Å². The third kappa shape index (κ3) is 5.93. The van der Waals surface area contributed by atoms with Crippen LogP contribution < -0.4 is 10.0 Å². The summed E-state index contributed by atoms with van der Waals surface area (Å²) in [7, 11) is -4.16. The Kier molecular flexibility index (Phi) is 7.24. The Hall–Kier alpha value is -2.13. The number of benzene rings is 1. The number of carboxylic acid groups (broad SMARTS) is 1. The molecule has 1 aromatic rings. The molecule has 8 nitrogen and oxygen atoms in total. The number of alkyl carbamates (subject to hydrolysis) is 1. The highest BCUT2D eigenvalue weighted by Gasteiger charge is 2.42. The van der Waals surface area contributed by atoms with Crippen LogP contribution in [0.15, 0.2) is 17.0 Å². The molecular weight excluding hydrogens is 384 g/mol. The van der Waals surface area contributed by atoms with Crippen molar-refractivity contribution in [3.63, 3.8) is 0 Å². The van der Waals surface area contributed by atoms with E-state index in [1.165, 1.54) is 6.92 Å². The van der Waals surface area contributed by atoms with Gasteiger partial charge in [-0.05, 0) is 59.1 Å². The van der Waals surface area contributed by atoms with Crippen molar-refractivity contribution in [3.05, 3.63) is 28.8 Å². The molecule has 0 aliphatic carbocycles. The molecular formula is C19H30N2O6S. The number of carbonyl (C=O) groups is 2. The summed E-state index contributed by atoms with van der Waals surface area (Å²) in [5.74, 6) is -1.39. The van der Waals surface area contributed by atoms with Crippen LogP contribution in [0.2, 0.25) is 0 Å². The maximum absolute atomic E-state index is 13.0. The van der Waals surface area contributed by atoms with Crippen molar-refractivity contribution in [2.24, 2.45) is 0 Å². The van der Waals surface area contributed by atoms with Gasteiger partial charge in [0.05, 0.1) is 11.4 Å². The molecule has 1 amide bonds. The molecule has 158 valence electrons. The minimum atomic E-state index is -4.16. The number of nitrogens with one attached hydrogen (secondary N) is 2. The molecule has 0 spiro atoms. The summed E-state index contributed by atoms with van der Waals surface area (Å²) in [6.45, 7) is 11.2. The fourth-order valence-corrected chi connectivity index (χ4v) is 4.83. The van der Waals surface area contributed by atoms with E-state index < -0.39 is 39.8 Å². The first kappa shape index (κ1) is 23.9. The number of ether oxygens (including phenoxy) is 1. The van der Waals surface area contributed by atoms with Gasteiger partial charge in [0.2, 0.25) is 10.0 Å². The summed E-state index contributed by atoms with van der Waals surface area (Å²) >= 11 is 0. The first-order valence-corrected chi connectivity index (χ1v) is 10.4. The van der Waals surface area contributed by atoms with Crippen molar-refractivity contribution in [1.29, 1.82) is 0 Å². The molecule has 0 aliphatic heterocycles. The zero-order valence-corrected chi connectivity index (χ0v) is 18.3. The molecule has 1 aromatic carbocycles. The molecule has 28 heavy (non-hydrogen) atoms. The molecule has 0 aromatic heterocycles. The molecule has 0 fully saturated rings. The van der Waals surface area contributed by atoms with Crippen molar-refractivity contribution < 1.29 is 27.9 Å². The minimum Gasteiger partial charge on any atom is -0.480 e. The van der Waals surface area contributed by atoms with Crippen LogP contribution in [0.1, 0.15) is 50.8 Å². The summed E-state index contributed by atoms with van der Waals surface area (Å²) in [4.78, 5) is 23.9. The van der Waals surface area contributed by atoms with Crippen molar-refractivity contribution in [1.82, 2.24) is 10.0 Å². The van der Waals surface area contributed by atoms with Gasteiger partial charge >= 0.3 is 12.1 Å². The smallest absolute Gasteiger partial charge is 0.407 e. The Bertz CT molecular complexity index is 835. The van der Waals surface area contributed by atoms with Gasteiger partial charge < -0.3 is 15.2 Å². The van der Waals surface area contributed by atoms with E-state index in [-0.39, 0.29) is 11.3 Å². The lowest BCUT2D eigenvalue weighted by molar-refractivity contribution is -0.144. The highest BCUT2D eigenvalue weighted by molar-refractivity contribution is 7.89. The number of hydrogen-bond donors (Lipinski definition) is 3. The van der Waals surface area contributed by atoms with Gasteiger partial charge in [-0.25, -0.2) is 13.2 Å². The molecule has 0 radical (unpaired) electrons. The fourth-order valence-electron chi connectivity index (χ4n) is 2.94. The van der Waals surface area contributed by atoms with E-state index in [9.17, 15) is 23.1 Å². The second-order valence-electron chi connectivity index (χ2n) is 7.93. The normalized spacial score (nSPS) is 14.2. The third-order valence-corrected chi connectivity index (χ3v) is 5.99. The molecule has 1 atom stereocenters. The zero-order chi connectivity index (χ0) is 21.9. The summed E-state index contributed by atoms with van der Waals surface area (Å²) in [6, 6.07) is 3.43. The third-order valence-electron chi connectivity index (χ3n) is 4.15. The number of aliphatic carboxylic acids is 1. The van der Waals surface area contributed by atoms with Crippen molar-refractivity contribution in [2.75, 3.05) is 6.54 Å². The Labute approximate surface area is 166 Å². The second-order valence-corrected chi connectivity index (χ2v) is 9.55. The quantitative estimate of drug-likeness (QED) is 0.630. The molecule has 0 unspecified atom stereocenters. The standard InChI is InChI=1S/C19H30N2O6S/c1-8-19(16(22)23,11-20-17(24)27-18(5,6)7)21-28(25,26)15-13(3)9-12(2)10-14(15)4/h9-10,21H,8,11H2,1-7H3,(H,20,24)(H,22,23)/t19-/m0/s1. The van der Waals surface area contributed by atoms with Gasteiger partial charge in [0.25, 0.3) is 0 Å². The Balaban J connectivity index is 3.22. The van der Waals surface area contributed by atoms with E-state index in [1.807, 2.05) is 6.92 Å². The number of rotatable bonds is 7. The Morgan fingerprint density at radius 1 is 1.11 bits per heavy atom. The first-order chi connectivity index (χ1) is 12.6. The number of hydrogen-bond acceptors (Lipinski definition) is 5. The predicted molar refractivity (Wildman–Crippen MR) is 106 cm³/mol. The van der Waals surface area contributed by atoms with E-state index in [1.54, 1.807) is 46.8 Å². The zero-order valence-electron chi connectivity index (χ0n) is 17.5. The number of sulfonamides is 1. The van der Waals surface area contributed by atoms with Gasteiger partial charge in [0, 0.05) is 0 Å². The molecule has 1 rings (SSSR count). The van der Waals surface area contributed by atoms with Crippen LogP contribution >= 0.6 is 0 Å². The first-order valence-electron chi connectivity index (χ1n) is 8.95. The summed E-state index contributed by atoms with van der Waals surface area (Å²) in [6.07, 6.45) is -0.908. The highest BCUT2D eigenvalue weighted by atomic mass is 32.2. The lowest BCUT2D eigenvalue weighted by Crippen LogP contribution is -2.60. The molecule has 0 heterocycles. The average Bonchev–Trinajstić information content (AvgIpc) is 2.47. The predicted octanol–water partition coefficient (Wildman–Crippen LogP) is 2.65. The van der Waals surface area contributed by atoms with Crippen LogP contribution in [0.5, 0.6) is 0 Å². The van der Waals surface area contributed by atoms with Crippen LogP contribution in [-0.4, -0.2) is 43.3 Å². The van der Waals surface area contributed by atoms with Crippen LogP contribution in [0, 0.1) is 20.8 Å². The summed E-state index contributed by atoms with van der Waals surface area (Å²) in [5.41, 5.74) is -0.751. The number of aryl methyl sites for hydroxylation is 3. The number of carboxylic acids is 1. The van der Waals surface area contributed by atoms with E-state index in [0.29, 0.717) is 11.1 Å². The van der Waals surface area contributed by atoms with Gasteiger partial charge in [-0.15, -0.1) is 0 Å². The average molecular weight is 415 g/mol.